The van der Waals surface area contributed by atoms with Gasteiger partial charge in [-0.15, -0.1) is 0 Å². The Hall–Kier alpha value is -1.71. The van der Waals surface area contributed by atoms with Crippen LogP contribution in [0.3, 0.4) is 0 Å². The van der Waals surface area contributed by atoms with Gasteiger partial charge in [0.05, 0.1) is 12.1 Å². The molecule has 0 aliphatic heterocycles. The zero-order valence-electron chi connectivity index (χ0n) is 11.6. The van der Waals surface area contributed by atoms with Crippen molar-refractivity contribution in [2.45, 2.75) is 56.9 Å². The van der Waals surface area contributed by atoms with Crippen LogP contribution in [0.5, 0.6) is 0 Å². The summed E-state index contributed by atoms with van der Waals surface area (Å²) in [5, 5.41) is 44.4. The molecule has 8 nitrogen and oxygen atoms in total. The van der Waals surface area contributed by atoms with Crippen molar-refractivity contribution in [2.24, 2.45) is 0 Å². The average Bonchev–Trinajstić information content (AvgIpc) is 2.41. The average molecular weight is 284 g/mol. The minimum Gasteiger partial charge on any atom is -0.481 e. The Morgan fingerprint density at radius 1 is 1.15 bits per heavy atom. The molecule has 8 heteroatoms. The van der Waals surface area contributed by atoms with Crippen molar-refractivity contribution < 1.29 is 20.1 Å². The summed E-state index contributed by atoms with van der Waals surface area (Å²) in [6, 6.07) is 3.92. The molecule has 0 spiro atoms. The van der Waals surface area contributed by atoms with E-state index in [1.54, 1.807) is 0 Å². The molecule has 5 N–H and O–H groups in total. The van der Waals surface area contributed by atoms with Crippen LogP contribution < -0.4 is 10.9 Å². The first-order valence-electron chi connectivity index (χ1n) is 6.11. The van der Waals surface area contributed by atoms with Gasteiger partial charge in [0.25, 0.3) is 0 Å². The van der Waals surface area contributed by atoms with E-state index in [4.69, 9.17) is 25.8 Å². The molecule has 0 aromatic rings. The van der Waals surface area contributed by atoms with Gasteiger partial charge in [0.1, 0.15) is 11.1 Å². The van der Waals surface area contributed by atoms with Crippen LogP contribution in [0.1, 0.15) is 39.5 Å². The van der Waals surface area contributed by atoms with Crippen molar-refractivity contribution >= 4 is 5.97 Å². The fraction of sp³-hybridized carbons (Fsp3) is 0.750. The number of hydrazine groups is 1. The fourth-order valence-electron chi connectivity index (χ4n) is 1.34. The third-order valence-electron chi connectivity index (χ3n) is 2.85. The number of hydrogen-bond acceptors (Lipinski definition) is 7. The summed E-state index contributed by atoms with van der Waals surface area (Å²) in [6.07, 6.45) is -1.49. The molecule has 2 unspecified atom stereocenters. The van der Waals surface area contributed by atoms with Crippen LogP contribution >= 0.6 is 0 Å². The minimum absolute atomic E-state index is 0.00284. The normalized spacial score (nSPS) is 16.8. The van der Waals surface area contributed by atoms with Crippen LogP contribution in [-0.2, 0) is 4.79 Å². The Bertz CT molecular complexity index is 415. The van der Waals surface area contributed by atoms with E-state index in [2.05, 4.69) is 10.9 Å². The molecule has 0 radical (unpaired) electrons. The van der Waals surface area contributed by atoms with E-state index in [1.807, 2.05) is 12.1 Å². The molecule has 0 saturated heterocycles. The molecule has 0 aromatic carbocycles. The summed E-state index contributed by atoms with van der Waals surface area (Å²) in [7, 11) is 0. The van der Waals surface area contributed by atoms with Crippen LogP contribution in [0.4, 0.5) is 0 Å². The third kappa shape index (κ3) is 7.02. The molecule has 0 saturated carbocycles. The lowest BCUT2D eigenvalue weighted by atomic mass is 9.96. The van der Waals surface area contributed by atoms with E-state index >= 15 is 0 Å². The smallest absolute Gasteiger partial charge is 0.303 e. The van der Waals surface area contributed by atoms with Gasteiger partial charge >= 0.3 is 5.97 Å². The highest BCUT2D eigenvalue weighted by Gasteiger charge is 2.30. The molecule has 0 aliphatic rings. The number of hydrogen-bond donors (Lipinski definition) is 5. The number of aliphatic hydroxyl groups is 2. The Morgan fingerprint density at radius 3 is 1.95 bits per heavy atom. The van der Waals surface area contributed by atoms with Gasteiger partial charge in [-0.1, -0.05) is 0 Å². The van der Waals surface area contributed by atoms with Gasteiger partial charge in [-0.3, -0.25) is 4.79 Å². The monoisotopic (exact) mass is 284 g/mol. The van der Waals surface area contributed by atoms with E-state index in [-0.39, 0.29) is 25.7 Å². The molecular formula is C12H20N4O4. The summed E-state index contributed by atoms with van der Waals surface area (Å²) in [5.74, 6) is -1.01. The second-order valence-corrected chi connectivity index (χ2v) is 5.05. The number of aliphatic carboxylic acids is 1. The maximum Gasteiger partial charge on any atom is 0.303 e. The standard InChI is InChI=1S/C12H20N4O4/c1-11(7-13,5-3-9(17)18)15-16-12(2,8-14)6-4-10(19)20/h9,15-18H,3-6H2,1-2H3,(H,19,20). The number of nitrogens with one attached hydrogen (secondary N) is 2. The number of nitriles is 2. The second-order valence-electron chi connectivity index (χ2n) is 5.05. The SMILES string of the molecule is CC(C#N)(CCC(=O)O)NNC(C)(C#N)CCC(O)O. The Morgan fingerprint density at radius 2 is 1.60 bits per heavy atom. The largest absolute Gasteiger partial charge is 0.481 e. The molecule has 0 aromatic heterocycles. The van der Waals surface area contributed by atoms with Gasteiger partial charge in [0, 0.05) is 12.8 Å². The van der Waals surface area contributed by atoms with Crippen molar-refractivity contribution in [1.82, 2.24) is 10.9 Å². The highest BCUT2D eigenvalue weighted by molar-refractivity contribution is 5.66. The van der Waals surface area contributed by atoms with E-state index in [9.17, 15) is 4.79 Å². The number of rotatable bonds is 9. The van der Waals surface area contributed by atoms with Gasteiger partial charge in [-0.05, 0) is 26.7 Å². The van der Waals surface area contributed by atoms with Crippen LogP contribution in [0, 0.1) is 22.7 Å². The molecule has 2 atom stereocenters. The second kappa shape index (κ2) is 7.78. The summed E-state index contributed by atoms with van der Waals surface area (Å²) >= 11 is 0. The van der Waals surface area contributed by atoms with Gasteiger partial charge < -0.3 is 15.3 Å². The van der Waals surface area contributed by atoms with E-state index in [0.29, 0.717) is 0 Å². The number of carboxylic acids is 1. The molecule has 0 rings (SSSR count). The Kier molecular flexibility index (Phi) is 7.11. The molecule has 0 aliphatic carbocycles. The number of carbonyl (C=O) groups is 1. The zero-order chi connectivity index (χ0) is 15.8. The van der Waals surface area contributed by atoms with Crippen molar-refractivity contribution in [1.29, 1.82) is 10.5 Å². The Balaban J connectivity index is 4.56. The van der Waals surface area contributed by atoms with E-state index in [0.717, 1.165) is 0 Å². The zero-order valence-corrected chi connectivity index (χ0v) is 11.6. The quantitative estimate of drug-likeness (QED) is 0.283. The van der Waals surface area contributed by atoms with Gasteiger partial charge in [-0.25, -0.2) is 10.9 Å². The van der Waals surface area contributed by atoms with Crippen LogP contribution in [0.2, 0.25) is 0 Å². The van der Waals surface area contributed by atoms with Crippen molar-refractivity contribution in [3.8, 4) is 12.1 Å². The first-order valence-corrected chi connectivity index (χ1v) is 6.11. The van der Waals surface area contributed by atoms with Crippen molar-refractivity contribution in [2.75, 3.05) is 0 Å². The lowest BCUT2D eigenvalue weighted by molar-refractivity contribution is -0.137. The third-order valence-corrected chi connectivity index (χ3v) is 2.85. The predicted octanol–water partition coefficient (Wildman–Crippen LogP) is -0.399. The van der Waals surface area contributed by atoms with Crippen LogP contribution in [0.25, 0.3) is 0 Å². The van der Waals surface area contributed by atoms with Crippen molar-refractivity contribution in [3.05, 3.63) is 0 Å². The highest BCUT2D eigenvalue weighted by Crippen LogP contribution is 2.15. The molecular weight excluding hydrogens is 264 g/mol. The predicted molar refractivity (Wildman–Crippen MR) is 68.6 cm³/mol. The van der Waals surface area contributed by atoms with Crippen molar-refractivity contribution in [3.63, 3.8) is 0 Å². The molecule has 0 bridgehead atoms. The maximum atomic E-state index is 10.5. The lowest BCUT2D eigenvalue weighted by Gasteiger charge is -2.30. The number of carboxylic acid groups (broad SMARTS) is 1. The molecule has 0 heterocycles. The lowest BCUT2D eigenvalue weighted by Crippen LogP contribution is -2.58. The highest BCUT2D eigenvalue weighted by atomic mass is 16.5. The Labute approximate surface area is 117 Å². The first kappa shape index (κ1) is 18.3. The van der Waals surface area contributed by atoms with E-state index < -0.39 is 23.3 Å². The maximum absolute atomic E-state index is 10.5. The fourth-order valence-corrected chi connectivity index (χ4v) is 1.34. The summed E-state index contributed by atoms with van der Waals surface area (Å²) < 4.78 is 0. The topological polar surface area (TPSA) is 149 Å². The molecule has 20 heavy (non-hydrogen) atoms. The number of aliphatic hydroxyl groups excluding tert-OH is 1. The van der Waals surface area contributed by atoms with E-state index in [1.165, 1.54) is 13.8 Å². The van der Waals surface area contributed by atoms with Crippen LogP contribution in [0.15, 0.2) is 0 Å². The molecule has 112 valence electrons. The molecule has 0 fully saturated rings. The van der Waals surface area contributed by atoms with Crippen LogP contribution in [-0.4, -0.2) is 38.7 Å². The van der Waals surface area contributed by atoms with Gasteiger partial charge in [-0.2, -0.15) is 10.5 Å². The summed E-state index contributed by atoms with van der Waals surface area (Å²) in [6.45, 7) is 3.05. The molecule has 0 amide bonds. The van der Waals surface area contributed by atoms with Gasteiger partial charge in [0.15, 0.2) is 6.29 Å². The minimum atomic E-state index is -1.51. The summed E-state index contributed by atoms with van der Waals surface area (Å²) in [5.41, 5.74) is 3.07. The summed E-state index contributed by atoms with van der Waals surface area (Å²) in [4.78, 5) is 10.5. The van der Waals surface area contributed by atoms with Gasteiger partial charge in [0.2, 0.25) is 0 Å². The first-order chi connectivity index (χ1) is 9.16. The number of nitrogens with zero attached hydrogens (tertiary/aromatic N) is 2.